The Labute approximate surface area is 67.7 Å². The maximum atomic E-state index is 9.04. The van der Waals surface area contributed by atoms with E-state index in [1.54, 1.807) is 12.1 Å². The number of aromatic hydroxyl groups is 1. The minimum Gasteiger partial charge on any atom is -0.508 e. The molecule has 1 aliphatic heterocycles. The van der Waals surface area contributed by atoms with E-state index in [0.717, 1.165) is 5.36 Å². The van der Waals surface area contributed by atoms with Crippen LogP contribution in [0.3, 0.4) is 0 Å². The molecule has 0 saturated carbocycles. The fourth-order valence-electron chi connectivity index (χ4n) is 0.927. The Bertz CT molecular complexity index is 438. The smallest absolute Gasteiger partial charge is 0.220 e. The summed E-state index contributed by atoms with van der Waals surface area (Å²) < 4.78 is 0. The van der Waals surface area contributed by atoms with E-state index in [0.29, 0.717) is 10.5 Å². The largest absolute Gasteiger partial charge is 0.508 e. The summed E-state index contributed by atoms with van der Waals surface area (Å²) >= 11 is 4.75. The van der Waals surface area contributed by atoms with Crippen LogP contribution < -0.4 is 10.7 Å². The second-order valence-electron chi connectivity index (χ2n) is 2.18. The second kappa shape index (κ2) is 2.10. The molecule has 1 aromatic carbocycles. The number of phenolic OH excluding ortho intramolecular Hbond substituents is 1. The average Bonchev–Trinajstić information content (AvgIpc) is 2.27. The van der Waals surface area contributed by atoms with Crippen LogP contribution in [0.25, 0.3) is 0 Å². The van der Waals surface area contributed by atoms with Gasteiger partial charge in [0.05, 0.1) is 10.7 Å². The minimum absolute atomic E-state index is 0.187. The van der Waals surface area contributed by atoms with Crippen molar-refractivity contribution in [3.63, 3.8) is 0 Å². The Kier molecular flexibility index (Phi) is 1.22. The predicted molar refractivity (Wildman–Crippen MR) is 43.0 cm³/mol. The van der Waals surface area contributed by atoms with Gasteiger partial charge in [-0.3, -0.25) is 0 Å². The zero-order valence-electron chi connectivity index (χ0n) is 5.48. The molecule has 0 aromatic heterocycles. The third-order valence-corrected chi connectivity index (χ3v) is 1.57. The van der Waals surface area contributed by atoms with Gasteiger partial charge in [0.2, 0.25) is 5.11 Å². The number of nitrogens with zero attached hydrogens (tertiary/aromatic N) is 2. The molecule has 1 aliphatic rings. The van der Waals surface area contributed by atoms with E-state index in [2.05, 4.69) is 9.98 Å². The molecule has 0 aliphatic carbocycles. The molecular weight excluding hydrogens is 160 g/mol. The van der Waals surface area contributed by atoms with E-state index < -0.39 is 0 Å². The quantitative estimate of drug-likeness (QED) is 0.545. The third-order valence-electron chi connectivity index (χ3n) is 1.39. The molecular formula is C7H4N2OS. The predicted octanol–water partition coefficient (Wildman–Crippen LogP) is -0.0701. The van der Waals surface area contributed by atoms with Crippen molar-refractivity contribution in [3.8, 4) is 5.75 Å². The molecule has 0 fully saturated rings. The standard InChI is InChI=1S/C7H4N2OS/c10-4-1-2-5-6(3-4)9-7(11)8-5/h1-3,10H. The molecule has 11 heavy (non-hydrogen) atoms. The summed E-state index contributed by atoms with van der Waals surface area (Å²) in [6, 6.07) is 4.79. The molecule has 0 amide bonds. The summed E-state index contributed by atoms with van der Waals surface area (Å²) in [4.78, 5) is 7.86. The van der Waals surface area contributed by atoms with Gasteiger partial charge in [0, 0.05) is 6.07 Å². The highest BCUT2D eigenvalue weighted by molar-refractivity contribution is 7.80. The molecule has 4 heteroatoms. The van der Waals surface area contributed by atoms with Crippen LogP contribution in [0.1, 0.15) is 0 Å². The van der Waals surface area contributed by atoms with Crippen molar-refractivity contribution in [2.45, 2.75) is 0 Å². The van der Waals surface area contributed by atoms with Crippen LogP contribution in [0.15, 0.2) is 28.2 Å². The van der Waals surface area contributed by atoms with Gasteiger partial charge in [-0.05, 0) is 24.4 Å². The third kappa shape index (κ3) is 1.01. The lowest BCUT2D eigenvalue weighted by Gasteiger charge is -1.84. The molecule has 0 radical (unpaired) electrons. The Morgan fingerprint density at radius 2 is 1.91 bits per heavy atom. The maximum Gasteiger partial charge on any atom is 0.220 e. The van der Waals surface area contributed by atoms with Crippen molar-refractivity contribution in [1.82, 2.24) is 0 Å². The monoisotopic (exact) mass is 164 g/mol. The van der Waals surface area contributed by atoms with E-state index >= 15 is 0 Å². The summed E-state index contributed by atoms with van der Waals surface area (Å²) in [6.45, 7) is 0. The van der Waals surface area contributed by atoms with Crippen molar-refractivity contribution in [2.24, 2.45) is 9.98 Å². The molecule has 0 unspecified atom stereocenters. The van der Waals surface area contributed by atoms with Gasteiger partial charge < -0.3 is 5.11 Å². The number of hydrogen-bond acceptors (Lipinski definition) is 2. The normalized spacial score (nSPS) is 13.6. The van der Waals surface area contributed by atoms with Crippen LogP contribution in [0.5, 0.6) is 5.75 Å². The van der Waals surface area contributed by atoms with E-state index in [-0.39, 0.29) is 5.75 Å². The van der Waals surface area contributed by atoms with Gasteiger partial charge in [0.15, 0.2) is 0 Å². The molecule has 54 valence electrons. The van der Waals surface area contributed by atoms with Gasteiger partial charge in [-0.1, -0.05) is 0 Å². The number of rotatable bonds is 0. The van der Waals surface area contributed by atoms with Crippen molar-refractivity contribution >= 4 is 17.3 Å². The van der Waals surface area contributed by atoms with Crippen LogP contribution in [-0.4, -0.2) is 10.2 Å². The van der Waals surface area contributed by atoms with Gasteiger partial charge in [-0.2, -0.15) is 0 Å². The number of hydrogen-bond donors (Lipinski definition) is 1. The fraction of sp³-hybridized carbons (Fsp3) is 0. The molecule has 0 spiro atoms. The van der Waals surface area contributed by atoms with Crippen molar-refractivity contribution < 1.29 is 5.11 Å². The SMILES string of the molecule is Oc1ccc2c(c1)=NC(=S)N=2. The molecule has 0 bridgehead atoms. The van der Waals surface area contributed by atoms with Gasteiger partial charge in [-0.15, -0.1) is 0 Å². The molecule has 0 atom stereocenters. The number of benzene rings is 1. The van der Waals surface area contributed by atoms with Crippen LogP contribution in [0.4, 0.5) is 0 Å². The number of phenols is 1. The lowest BCUT2D eigenvalue weighted by Crippen LogP contribution is -2.20. The summed E-state index contributed by atoms with van der Waals surface area (Å²) in [5.41, 5.74) is 0. The van der Waals surface area contributed by atoms with Crippen LogP contribution in [-0.2, 0) is 0 Å². The molecule has 1 aromatic rings. The van der Waals surface area contributed by atoms with Crippen molar-refractivity contribution in [3.05, 3.63) is 28.9 Å². The van der Waals surface area contributed by atoms with Crippen LogP contribution in [0, 0.1) is 0 Å². The summed E-state index contributed by atoms with van der Waals surface area (Å²) in [5, 5.41) is 10.7. The minimum atomic E-state index is 0.187. The Hall–Kier alpha value is -1.29. The highest BCUT2D eigenvalue weighted by Gasteiger charge is 2.00. The second-order valence-corrected chi connectivity index (χ2v) is 2.54. The van der Waals surface area contributed by atoms with Crippen molar-refractivity contribution in [2.75, 3.05) is 0 Å². The van der Waals surface area contributed by atoms with Crippen LogP contribution >= 0.6 is 12.2 Å². The average molecular weight is 164 g/mol. The zero-order valence-corrected chi connectivity index (χ0v) is 6.30. The van der Waals surface area contributed by atoms with Crippen molar-refractivity contribution in [1.29, 1.82) is 0 Å². The Morgan fingerprint density at radius 3 is 2.73 bits per heavy atom. The van der Waals surface area contributed by atoms with Gasteiger partial charge in [0.25, 0.3) is 0 Å². The van der Waals surface area contributed by atoms with E-state index in [4.69, 9.17) is 17.3 Å². The maximum absolute atomic E-state index is 9.04. The highest BCUT2D eigenvalue weighted by atomic mass is 32.1. The van der Waals surface area contributed by atoms with Crippen LogP contribution in [0.2, 0.25) is 0 Å². The molecule has 0 saturated heterocycles. The summed E-state index contributed by atoms with van der Waals surface area (Å²) in [5.74, 6) is 0.187. The summed E-state index contributed by atoms with van der Waals surface area (Å²) in [6.07, 6.45) is 0. The van der Waals surface area contributed by atoms with E-state index in [1.165, 1.54) is 6.07 Å². The molecule has 1 heterocycles. The first-order valence-electron chi connectivity index (χ1n) is 3.06. The van der Waals surface area contributed by atoms with E-state index in [1.807, 2.05) is 0 Å². The molecule has 3 nitrogen and oxygen atoms in total. The lowest BCUT2D eigenvalue weighted by molar-refractivity contribution is 0.474. The highest BCUT2D eigenvalue weighted by Crippen LogP contribution is 1.99. The first-order chi connectivity index (χ1) is 5.25. The van der Waals surface area contributed by atoms with Gasteiger partial charge >= 0.3 is 0 Å². The molecule has 1 N–H and O–H groups in total. The number of thiocarbonyl (C=S) groups is 1. The Balaban J connectivity index is 2.89. The Morgan fingerprint density at radius 1 is 1.18 bits per heavy atom. The molecule has 2 rings (SSSR count). The van der Waals surface area contributed by atoms with Gasteiger partial charge in [0.1, 0.15) is 5.75 Å². The zero-order chi connectivity index (χ0) is 7.84. The first-order valence-corrected chi connectivity index (χ1v) is 3.47. The summed E-state index contributed by atoms with van der Waals surface area (Å²) in [7, 11) is 0. The first kappa shape index (κ1) is 6.42. The fourth-order valence-corrected chi connectivity index (χ4v) is 1.12. The van der Waals surface area contributed by atoms with E-state index in [9.17, 15) is 0 Å². The lowest BCUT2D eigenvalue weighted by atomic mass is 10.3. The van der Waals surface area contributed by atoms with Gasteiger partial charge in [-0.25, -0.2) is 9.98 Å². The topological polar surface area (TPSA) is 45.0 Å². The number of fused-ring (bicyclic) bond motifs is 1.